The summed E-state index contributed by atoms with van der Waals surface area (Å²) in [5.74, 6) is 0. The lowest BCUT2D eigenvalue weighted by molar-refractivity contribution is 0.660. The molecule has 18 rings (SSSR count). The maximum absolute atomic E-state index is 3.69. The van der Waals surface area contributed by atoms with Crippen LogP contribution < -0.4 is 10.2 Å². The lowest BCUT2D eigenvalue weighted by Gasteiger charge is -2.31. The van der Waals surface area contributed by atoms with E-state index in [4.69, 9.17) is 0 Å². The van der Waals surface area contributed by atoms with E-state index in [2.05, 4.69) is 368 Å². The molecule has 0 saturated carbocycles. The van der Waals surface area contributed by atoms with Crippen LogP contribution in [0.2, 0.25) is 0 Å². The van der Waals surface area contributed by atoms with Gasteiger partial charge in [-0.3, -0.25) is 0 Å². The molecule has 0 atom stereocenters. The Morgan fingerprint density at radius 1 is 0.287 bits per heavy atom. The number of aromatic nitrogens is 2. The highest BCUT2D eigenvalue weighted by atomic mass is 15.1. The highest BCUT2D eigenvalue weighted by Gasteiger charge is 2.37. The number of para-hydroxylation sites is 6. The molecule has 0 aliphatic heterocycles. The normalized spacial score (nSPS) is 12.5. The van der Waals surface area contributed by atoms with E-state index in [-0.39, 0.29) is 5.41 Å². The number of fused-ring (bicyclic) bond motifs is 11. The molecule has 0 saturated heterocycles. The number of benzene rings is 15. The largest absolute Gasteiger partial charge is 0.355 e. The molecular formula is C90H64N4. The van der Waals surface area contributed by atoms with Crippen molar-refractivity contribution in [2.24, 2.45) is 0 Å². The third kappa shape index (κ3) is 8.82. The molecule has 4 heteroatoms. The molecule has 0 fully saturated rings. The fourth-order valence-electron chi connectivity index (χ4n) is 15.6. The molecule has 4 nitrogen and oxygen atoms in total. The second-order valence-corrected chi connectivity index (χ2v) is 25.7. The van der Waals surface area contributed by atoms with Crippen molar-refractivity contribution in [2.45, 2.75) is 26.2 Å². The van der Waals surface area contributed by atoms with Gasteiger partial charge in [0.25, 0.3) is 0 Å². The minimum atomic E-state index is -0.326. The summed E-state index contributed by atoms with van der Waals surface area (Å²) in [6.45, 7) is 7.08. The maximum atomic E-state index is 3.69. The van der Waals surface area contributed by atoms with Crippen LogP contribution in [0.1, 0.15) is 30.5 Å². The van der Waals surface area contributed by atoms with Crippen molar-refractivity contribution in [2.75, 3.05) is 10.2 Å². The summed E-state index contributed by atoms with van der Waals surface area (Å²) in [5.41, 5.74) is 28.2. The Hall–Kier alpha value is -12.0. The topological polar surface area (TPSA) is 25.1 Å². The quantitative estimate of drug-likeness (QED) is 0.140. The zero-order chi connectivity index (χ0) is 62.6. The minimum Gasteiger partial charge on any atom is -0.355 e. The lowest BCUT2D eigenvalue weighted by atomic mass is 9.81. The first-order chi connectivity index (χ1) is 46.3. The molecular weight excluding hydrogens is 1140 g/mol. The van der Waals surface area contributed by atoms with Gasteiger partial charge >= 0.3 is 0 Å². The van der Waals surface area contributed by atoms with Crippen LogP contribution in [0.15, 0.2) is 328 Å². The molecule has 1 aliphatic rings. The van der Waals surface area contributed by atoms with Crippen LogP contribution in [-0.4, -0.2) is 9.13 Å². The van der Waals surface area contributed by atoms with Gasteiger partial charge in [0.15, 0.2) is 0 Å². The molecule has 0 spiro atoms. The predicted octanol–water partition coefficient (Wildman–Crippen LogP) is 24.7. The van der Waals surface area contributed by atoms with Gasteiger partial charge in [0.1, 0.15) is 0 Å². The second kappa shape index (κ2) is 21.9. The Morgan fingerprint density at radius 2 is 0.734 bits per heavy atom. The minimum absolute atomic E-state index is 0.326. The van der Waals surface area contributed by atoms with Crippen molar-refractivity contribution < 1.29 is 0 Å². The van der Waals surface area contributed by atoms with Gasteiger partial charge in [-0.2, -0.15) is 0 Å². The highest BCUT2D eigenvalue weighted by Crippen LogP contribution is 2.54. The van der Waals surface area contributed by atoms with Crippen LogP contribution in [-0.2, 0) is 5.41 Å². The van der Waals surface area contributed by atoms with Crippen LogP contribution in [0.4, 0.5) is 28.4 Å². The van der Waals surface area contributed by atoms with Gasteiger partial charge in [-0.1, -0.05) is 238 Å². The first-order valence-corrected chi connectivity index (χ1v) is 32.6. The molecule has 17 aromatic rings. The van der Waals surface area contributed by atoms with Crippen LogP contribution in [0, 0.1) is 6.92 Å². The van der Waals surface area contributed by atoms with Crippen LogP contribution in [0.25, 0.3) is 132 Å². The number of hydrogen-bond acceptors (Lipinski definition) is 2. The van der Waals surface area contributed by atoms with E-state index in [1.54, 1.807) is 0 Å². The summed E-state index contributed by atoms with van der Waals surface area (Å²) in [5, 5.41) is 13.4. The maximum Gasteiger partial charge on any atom is 0.0547 e. The number of nitrogens with zero attached hydrogens (tertiary/aromatic N) is 3. The number of anilines is 5. The first-order valence-electron chi connectivity index (χ1n) is 32.6. The van der Waals surface area contributed by atoms with Gasteiger partial charge in [0, 0.05) is 71.7 Å². The SMILES string of the molecule is Cc1cc(-c2ccc(N(c3ccc4c(c3)C(C)(C)c3cc(-c5ccc6c7ccccc7n(-c7ccccc7)c6c5)ccc3-4)c3ccc(-c4ccc5c(c4)c4ccccc4n5-c4ccccc4)c4ccccc34)c3ccccc23)ccc1-c1ccccc1Nc1ccccc1. The number of hydrogen-bond donors (Lipinski definition) is 1. The molecule has 94 heavy (non-hydrogen) atoms. The Bertz CT molecular complexity index is 5870. The van der Waals surface area contributed by atoms with Crippen molar-refractivity contribution in [1.29, 1.82) is 0 Å². The van der Waals surface area contributed by atoms with Gasteiger partial charge in [0.2, 0.25) is 0 Å². The summed E-state index contributed by atoms with van der Waals surface area (Å²) >= 11 is 0. The van der Waals surface area contributed by atoms with Gasteiger partial charge < -0.3 is 19.4 Å². The molecule has 1 N–H and O–H groups in total. The third-order valence-electron chi connectivity index (χ3n) is 20.0. The lowest BCUT2D eigenvalue weighted by Crippen LogP contribution is -2.17. The van der Waals surface area contributed by atoms with Gasteiger partial charge in [-0.05, 0) is 188 Å². The van der Waals surface area contributed by atoms with Gasteiger partial charge in [0.05, 0.1) is 33.4 Å². The van der Waals surface area contributed by atoms with E-state index in [9.17, 15) is 0 Å². The van der Waals surface area contributed by atoms with Crippen molar-refractivity contribution >= 4 is 93.6 Å². The first kappa shape index (κ1) is 54.9. The van der Waals surface area contributed by atoms with E-state index < -0.39 is 0 Å². The molecule has 2 aromatic heterocycles. The molecule has 444 valence electrons. The summed E-state index contributed by atoms with van der Waals surface area (Å²) in [6.07, 6.45) is 0. The smallest absolute Gasteiger partial charge is 0.0547 e. The molecule has 1 aliphatic carbocycles. The van der Waals surface area contributed by atoms with Gasteiger partial charge in [-0.25, -0.2) is 0 Å². The van der Waals surface area contributed by atoms with Crippen LogP contribution >= 0.6 is 0 Å². The molecule has 15 aromatic carbocycles. The zero-order valence-corrected chi connectivity index (χ0v) is 52.5. The van der Waals surface area contributed by atoms with Crippen molar-refractivity contribution in [3.05, 3.63) is 344 Å². The molecule has 0 bridgehead atoms. The van der Waals surface area contributed by atoms with Crippen molar-refractivity contribution in [3.8, 4) is 67.0 Å². The summed E-state index contributed by atoms with van der Waals surface area (Å²) < 4.78 is 4.81. The fraction of sp³-hybridized carbons (Fsp3) is 0.0444. The van der Waals surface area contributed by atoms with E-state index in [0.29, 0.717) is 0 Å². The van der Waals surface area contributed by atoms with Crippen LogP contribution in [0.3, 0.4) is 0 Å². The van der Waals surface area contributed by atoms with E-state index >= 15 is 0 Å². The standard InChI is InChI=1S/C90H64N4/c1-58-53-61(41-44-67(58)74-31-17-20-36-83(74)91-63-23-7-4-8-24-63)68-48-51-86(75-32-15-13-29-70(68)75)94(87-52-49-69(71-30-14-16-33-76(71)87)62-42-50-88-80(54-62)78-35-19-22-38-85(78)92(88)64-25-9-5-10-26-64)66-43-47-73-72-45-39-59(55-81(72)90(2,3)82(73)57-66)60-40-46-79-77-34-18-21-37-84(77)93(89(79)56-60)65-27-11-6-12-28-65/h4-57,91H,1-3H3. The summed E-state index contributed by atoms with van der Waals surface area (Å²) in [6, 6.07) is 121. The molecule has 0 unspecified atom stereocenters. The fourth-order valence-corrected chi connectivity index (χ4v) is 15.6. The molecule has 0 radical (unpaired) electrons. The van der Waals surface area contributed by atoms with E-state index in [1.165, 1.54) is 137 Å². The average Bonchev–Trinajstić information content (AvgIpc) is 1.47. The number of nitrogens with one attached hydrogen (secondary N) is 1. The number of rotatable bonds is 11. The van der Waals surface area contributed by atoms with Gasteiger partial charge in [-0.15, -0.1) is 0 Å². The Kier molecular flexibility index (Phi) is 12.8. The summed E-state index contributed by atoms with van der Waals surface area (Å²) in [4.78, 5) is 2.55. The molecule has 0 amide bonds. The van der Waals surface area contributed by atoms with Crippen molar-refractivity contribution in [3.63, 3.8) is 0 Å². The highest BCUT2D eigenvalue weighted by molar-refractivity contribution is 6.15. The van der Waals surface area contributed by atoms with Crippen molar-refractivity contribution in [1.82, 2.24) is 9.13 Å². The zero-order valence-electron chi connectivity index (χ0n) is 52.5. The summed E-state index contributed by atoms with van der Waals surface area (Å²) in [7, 11) is 0. The third-order valence-corrected chi connectivity index (χ3v) is 20.0. The van der Waals surface area contributed by atoms with Crippen LogP contribution in [0.5, 0.6) is 0 Å². The average molecular weight is 1200 g/mol. The monoisotopic (exact) mass is 1200 g/mol. The number of aryl methyl sites for hydroxylation is 1. The van der Waals surface area contributed by atoms with E-state index in [0.717, 1.165) is 39.8 Å². The Morgan fingerprint density at radius 3 is 1.38 bits per heavy atom. The molecule has 2 heterocycles. The predicted molar refractivity (Wildman–Crippen MR) is 399 cm³/mol. The Balaban J connectivity index is 0.782. The second-order valence-electron chi connectivity index (χ2n) is 25.7. The Labute approximate surface area is 547 Å². The van der Waals surface area contributed by atoms with E-state index in [1.807, 2.05) is 0 Å².